The van der Waals surface area contributed by atoms with Crippen molar-refractivity contribution in [1.29, 1.82) is 21.0 Å². The predicted molar refractivity (Wildman–Crippen MR) is 175 cm³/mol. The molecule has 1 aromatic heterocycles. The van der Waals surface area contributed by atoms with E-state index in [0.29, 0.717) is 38.9 Å². The highest BCUT2D eigenvalue weighted by Gasteiger charge is 2.34. The zero-order valence-electron chi connectivity index (χ0n) is 24.4. The predicted octanol–water partition coefficient (Wildman–Crippen LogP) is 8.12. The summed E-state index contributed by atoms with van der Waals surface area (Å²) in [5, 5.41) is 40.2. The van der Waals surface area contributed by atoms with Crippen LogP contribution < -0.4 is 0 Å². The van der Waals surface area contributed by atoms with Crippen molar-refractivity contribution in [1.82, 2.24) is 9.97 Å². The first-order valence-corrected chi connectivity index (χ1v) is 13.8. The maximum atomic E-state index is 10.5. The Labute approximate surface area is 274 Å². The second kappa shape index (κ2) is 12.0. The fourth-order valence-corrected chi connectivity index (χ4v) is 5.90. The highest BCUT2D eigenvalue weighted by Crippen LogP contribution is 2.53. The molecule has 214 valence electrons. The number of hydrogen-bond acceptors (Lipinski definition) is 6. The van der Waals surface area contributed by atoms with Gasteiger partial charge in [-0.05, 0) is 92.6 Å². The number of nitriles is 4. The molecule has 3 aromatic carbocycles. The van der Waals surface area contributed by atoms with Gasteiger partial charge < -0.3 is 0 Å². The maximum Gasteiger partial charge on any atom is 0.270 e. The molecule has 0 radical (unpaired) electrons. The SMILES string of the molecule is [C-]#[N+]C1=C(c2cc(C3=C(C#N)c4cc([N+]#[C-])ccc4/C3=C(/C#N)[N+]#[C-])cc(-c3ncccn3)c2)/C(=C(/C#N)[N+]#[C-])c2ccc(C#N)cc21. The molecule has 0 aliphatic heterocycles. The maximum absolute atomic E-state index is 10.5. The average Bonchev–Trinajstić information content (AvgIpc) is 3.64. The van der Waals surface area contributed by atoms with Crippen LogP contribution in [-0.2, 0) is 0 Å². The molecule has 1 heterocycles. The Morgan fingerprint density at radius 2 is 1.21 bits per heavy atom. The van der Waals surface area contributed by atoms with Crippen LogP contribution in [-0.4, -0.2) is 9.97 Å². The van der Waals surface area contributed by atoms with Crippen LogP contribution in [0.3, 0.4) is 0 Å². The van der Waals surface area contributed by atoms with Crippen LogP contribution >= 0.6 is 0 Å². The van der Waals surface area contributed by atoms with Crippen LogP contribution in [0.5, 0.6) is 0 Å². The second-order valence-corrected chi connectivity index (χ2v) is 10.2. The molecule has 0 N–H and O–H groups in total. The summed E-state index contributed by atoms with van der Waals surface area (Å²) in [6.07, 6.45) is 3.08. The summed E-state index contributed by atoms with van der Waals surface area (Å²) >= 11 is 0. The van der Waals surface area contributed by atoms with Crippen LogP contribution in [0.25, 0.3) is 64.3 Å². The minimum Gasteiger partial charge on any atom is -0.238 e. The molecule has 2 aliphatic carbocycles. The van der Waals surface area contributed by atoms with Crippen molar-refractivity contribution in [2.45, 2.75) is 0 Å². The topological polar surface area (TPSA) is 138 Å². The van der Waals surface area contributed by atoms with E-state index in [1.807, 2.05) is 12.1 Å². The number of hydrogen-bond donors (Lipinski definition) is 0. The molecule has 0 amide bonds. The van der Waals surface area contributed by atoms with E-state index in [9.17, 15) is 21.0 Å². The third-order valence-corrected chi connectivity index (χ3v) is 7.80. The normalized spacial score (nSPS) is 14.4. The summed E-state index contributed by atoms with van der Waals surface area (Å²) in [6.45, 7) is 31.3. The van der Waals surface area contributed by atoms with Crippen molar-refractivity contribution in [3.63, 3.8) is 0 Å². The van der Waals surface area contributed by atoms with Gasteiger partial charge >= 0.3 is 0 Å². The number of aromatic nitrogens is 2. The Morgan fingerprint density at radius 1 is 0.604 bits per heavy atom. The summed E-state index contributed by atoms with van der Waals surface area (Å²) in [5.74, 6) is 0.283. The van der Waals surface area contributed by atoms with E-state index < -0.39 is 0 Å². The van der Waals surface area contributed by atoms with E-state index in [1.165, 1.54) is 12.1 Å². The molecule has 48 heavy (non-hydrogen) atoms. The largest absolute Gasteiger partial charge is 0.270 e. The number of fused-ring (bicyclic) bond motifs is 2. The molecule has 10 heteroatoms. The van der Waals surface area contributed by atoms with Gasteiger partial charge in [-0.15, -0.1) is 0 Å². The minimum absolute atomic E-state index is 0.103. The van der Waals surface area contributed by atoms with Crippen LogP contribution in [0.15, 0.2) is 84.5 Å². The molecule has 0 saturated carbocycles. The lowest BCUT2D eigenvalue weighted by Gasteiger charge is -2.16. The van der Waals surface area contributed by atoms with Crippen LogP contribution in [0.4, 0.5) is 5.69 Å². The molecule has 0 spiro atoms. The van der Waals surface area contributed by atoms with Gasteiger partial charge in [0.15, 0.2) is 11.5 Å². The fourth-order valence-electron chi connectivity index (χ4n) is 5.90. The second-order valence-electron chi connectivity index (χ2n) is 10.2. The zero-order valence-corrected chi connectivity index (χ0v) is 24.4. The Bertz CT molecular complexity index is 2440. The van der Waals surface area contributed by atoms with Crippen molar-refractivity contribution in [3.05, 3.63) is 169 Å². The van der Waals surface area contributed by atoms with Gasteiger partial charge in [0.1, 0.15) is 6.07 Å². The van der Waals surface area contributed by atoms with E-state index in [-0.39, 0.29) is 62.0 Å². The molecule has 0 fully saturated rings. The van der Waals surface area contributed by atoms with Gasteiger partial charge in [-0.25, -0.2) is 39.9 Å². The zero-order chi connectivity index (χ0) is 33.9. The molecule has 10 nitrogen and oxygen atoms in total. The highest BCUT2D eigenvalue weighted by atomic mass is 14.9. The Hall–Kier alpha value is -8.38. The van der Waals surface area contributed by atoms with Gasteiger partial charge in [0.05, 0.1) is 55.6 Å². The van der Waals surface area contributed by atoms with Crippen LogP contribution in [0.1, 0.15) is 38.9 Å². The first kappa shape index (κ1) is 29.7. The van der Waals surface area contributed by atoms with E-state index >= 15 is 0 Å². The first-order chi connectivity index (χ1) is 23.5. The molecule has 2 aliphatic rings. The van der Waals surface area contributed by atoms with E-state index in [1.54, 1.807) is 60.9 Å². The standard InChI is InChI=1S/C38H12N10/c1-43-25-7-9-26-28(16-25)30(18-40)33(35(26)31(19-41)44-2)22-13-23(15-24(14-22)38-47-10-5-11-48-38)34-36(32(20-42)45-3)27-8-6-21(17-39)12-29(27)37(34)46-4/h5-16H/b35-31+,36-32-. The summed E-state index contributed by atoms with van der Waals surface area (Å²) in [6, 6.07) is 24.2. The summed E-state index contributed by atoms with van der Waals surface area (Å²) in [5.41, 5.74) is 3.96. The van der Waals surface area contributed by atoms with Gasteiger partial charge in [-0.2, -0.15) is 10.5 Å². The number of allylic oxidation sites excluding steroid dienone is 7. The average molecular weight is 609 g/mol. The highest BCUT2D eigenvalue weighted by molar-refractivity contribution is 6.27. The molecule has 4 aromatic rings. The van der Waals surface area contributed by atoms with E-state index in [0.717, 1.165) is 0 Å². The van der Waals surface area contributed by atoms with E-state index in [2.05, 4.69) is 41.5 Å². The van der Waals surface area contributed by atoms with Gasteiger partial charge in [0, 0.05) is 23.5 Å². The van der Waals surface area contributed by atoms with Crippen molar-refractivity contribution >= 4 is 39.2 Å². The van der Waals surface area contributed by atoms with Crippen molar-refractivity contribution in [3.8, 4) is 35.7 Å². The van der Waals surface area contributed by atoms with Gasteiger partial charge in [0.2, 0.25) is 5.70 Å². The smallest absolute Gasteiger partial charge is 0.238 e. The lowest BCUT2D eigenvalue weighted by molar-refractivity contribution is 1.17. The molecular formula is C38H12N10. The van der Waals surface area contributed by atoms with Gasteiger partial charge in [0.25, 0.3) is 11.4 Å². The Kier molecular flexibility index (Phi) is 7.39. The third kappa shape index (κ3) is 4.52. The van der Waals surface area contributed by atoms with Gasteiger partial charge in [-0.3, -0.25) is 0 Å². The monoisotopic (exact) mass is 608 g/mol. The lowest BCUT2D eigenvalue weighted by atomic mass is 9.88. The van der Waals surface area contributed by atoms with Crippen molar-refractivity contribution in [2.75, 3.05) is 0 Å². The van der Waals surface area contributed by atoms with Crippen molar-refractivity contribution < 1.29 is 0 Å². The van der Waals surface area contributed by atoms with Crippen LogP contribution in [0, 0.1) is 71.6 Å². The molecular weight excluding hydrogens is 596 g/mol. The lowest BCUT2D eigenvalue weighted by Crippen LogP contribution is -1.97. The minimum atomic E-state index is -0.270. The molecule has 0 saturated heterocycles. The molecule has 0 bridgehead atoms. The van der Waals surface area contributed by atoms with E-state index in [4.69, 9.17) is 26.3 Å². The fraction of sp³-hybridized carbons (Fsp3) is 0. The number of nitrogens with zero attached hydrogens (tertiary/aromatic N) is 10. The quantitative estimate of drug-likeness (QED) is 0.170. The van der Waals surface area contributed by atoms with Crippen molar-refractivity contribution in [2.24, 2.45) is 0 Å². The number of rotatable bonds is 3. The van der Waals surface area contributed by atoms with Gasteiger partial charge in [-0.1, -0.05) is 18.2 Å². The third-order valence-electron chi connectivity index (χ3n) is 7.80. The summed E-state index contributed by atoms with van der Waals surface area (Å²) < 4.78 is 0. The summed E-state index contributed by atoms with van der Waals surface area (Å²) in [4.78, 5) is 23.0. The molecule has 6 rings (SSSR count). The van der Waals surface area contributed by atoms with Crippen LogP contribution in [0.2, 0.25) is 0 Å². The summed E-state index contributed by atoms with van der Waals surface area (Å²) in [7, 11) is 0. The molecule has 0 atom stereocenters. The first-order valence-electron chi connectivity index (χ1n) is 13.8. The number of benzene rings is 3. The molecule has 0 unspecified atom stereocenters. The Balaban J connectivity index is 1.78. The Morgan fingerprint density at radius 3 is 1.79 bits per heavy atom.